The topological polar surface area (TPSA) is 41.1 Å². The van der Waals surface area contributed by atoms with Crippen LogP contribution >= 0.6 is 0 Å². The van der Waals surface area contributed by atoms with Gasteiger partial charge in [0, 0.05) is 6.04 Å². The van der Waals surface area contributed by atoms with E-state index in [1.165, 1.54) is 18.2 Å². The number of halogens is 3. The molecule has 0 aliphatic carbocycles. The van der Waals surface area contributed by atoms with Crippen LogP contribution in [0.5, 0.6) is 0 Å². The predicted octanol–water partition coefficient (Wildman–Crippen LogP) is 2.43. The molecule has 110 valence electrons. The molecule has 0 spiro atoms. The fraction of sp³-hybridized carbons (Fsp3) is 0.500. The minimum absolute atomic E-state index is 0.0926. The Morgan fingerprint density at radius 1 is 1.35 bits per heavy atom. The zero-order chi connectivity index (χ0) is 14.8. The van der Waals surface area contributed by atoms with E-state index < -0.39 is 17.6 Å². The lowest BCUT2D eigenvalue weighted by atomic mass is 9.94. The second kappa shape index (κ2) is 5.83. The zero-order valence-corrected chi connectivity index (χ0v) is 11.1. The summed E-state index contributed by atoms with van der Waals surface area (Å²) in [6.07, 6.45) is -3.80. The second-order valence-electron chi connectivity index (χ2n) is 5.09. The van der Waals surface area contributed by atoms with E-state index in [1.54, 1.807) is 0 Å². The molecule has 3 nitrogen and oxygen atoms in total. The first kappa shape index (κ1) is 14.8. The van der Waals surface area contributed by atoms with Crippen molar-refractivity contribution in [1.82, 2.24) is 10.6 Å². The number of benzene rings is 1. The van der Waals surface area contributed by atoms with Crippen LogP contribution in [0.4, 0.5) is 13.2 Å². The maximum absolute atomic E-state index is 12.9. The molecule has 0 bridgehead atoms. The number of hydrogen-bond acceptors (Lipinski definition) is 2. The molecule has 1 aromatic rings. The summed E-state index contributed by atoms with van der Waals surface area (Å²) < 4.78 is 38.6. The van der Waals surface area contributed by atoms with Crippen LogP contribution in [0.1, 0.15) is 29.3 Å². The molecular formula is C14H17F3N2O. The molecule has 0 unspecified atom stereocenters. The van der Waals surface area contributed by atoms with Crippen molar-refractivity contribution in [3.8, 4) is 0 Å². The smallest absolute Gasteiger partial charge is 0.349 e. The predicted molar refractivity (Wildman–Crippen MR) is 69.3 cm³/mol. The molecule has 2 N–H and O–H groups in total. The number of carbonyl (C=O) groups is 1. The molecule has 2 rings (SSSR count). The van der Waals surface area contributed by atoms with Crippen LogP contribution in [0.2, 0.25) is 0 Å². The Kier molecular flexibility index (Phi) is 4.32. The van der Waals surface area contributed by atoms with E-state index >= 15 is 0 Å². The summed E-state index contributed by atoms with van der Waals surface area (Å²) in [5.41, 5.74) is -1.20. The molecule has 1 aliphatic rings. The standard InChI is InChI=1S/C14H17F3N2O/c1-9-8-18-7-6-12(9)19-13(20)10-4-2-3-5-11(10)14(15,16)17/h2-5,9,12,18H,6-8H2,1H3,(H,19,20)/t9-,12-/m1/s1. The van der Waals surface area contributed by atoms with Gasteiger partial charge in [-0.1, -0.05) is 19.1 Å². The van der Waals surface area contributed by atoms with Crippen molar-refractivity contribution in [3.05, 3.63) is 35.4 Å². The van der Waals surface area contributed by atoms with Gasteiger partial charge in [0.2, 0.25) is 0 Å². The minimum atomic E-state index is -4.52. The van der Waals surface area contributed by atoms with Crippen molar-refractivity contribution in [2.75, 3.05) is 13.1 Å². The number of piperidine rings is 1. The van der Waals surface area contributed by atoms with Gasteiger partial charge in [0.25, 0.3) is 5.91 Å². The molecule has 1 aliphatic heterocycles. The monoisotopic (exact) mass is 286 g/mol. The number of carbonyl (C=O) groups excluding carboxylic acids is 1. The number of amides is 1. The molecule has 1 fully saturated rings. The van der Waals surface area contributed by atoms with Gasteiger partial charge < -0.3 is 10.6 Å². The maximum Gasteiger partial charge on any atom is 0.417 e. The average molecular weight is 286 g/mol. The summed E-state index contributed by atoms with van der Waals surface area (Å²) in [5.74, 6) is -0.456. The van der Waals surface area contributed by atoms with Crippen LogP contribution in [0.25, 0.3) is 0 Å². The third kappa shape index (κ3) is 3.30. The zero-order valence-electron chi connectivity index (χ0n) is 11.1. The Labute approximate surface area is 115 Å². The largest absolute Gasteiger partial charge is 0.417 e. The van der Waals surface area contributed by atoms with Crippen molar-refractivity contribution in [3.63, 3.8) is 0 Å². The molecule has 6 heteroatoms. The van der Waals surface area contributed by atoms with Gasteiger partial charge in [0.05, 0.1) is 11.1 Å². The van der Waals surface area contributed by atoms with E-state index in [9.17, 15) is 18.0 Å². The van der Waals surface area contributed by atoms with Crippen molar-refractivity contribution < 1.29 is 18.0 Å². The van der Waals surface area contributed by atoms with E-state index in [0.29, 0.717) is 0 Å². The summed E-state index contributed by atoms with van der Waals surface area (Å²) in [7, 11) is 0. The molecule has 0 saturated carbocycles. The quantitative estimate of drug-likeness (QED) is 0.876. The molecule has 1 heterocycles. The van der Waals surface area contributed by atoms with Gasteiger partial charge in [-0.05, 0) is 37.6 Å². The number of rotatable bonds is 2. The highest BCUT2D eigenvalue weighted by Crippen LogP contribution is 2.31. The lowest BCUT2D eigenvalue weighted by Gasteiger charge is -2.30. The van der Waals surface area contributed by atoms with Gasteiger partial charge in [-0.3, -0.25) is 4.79 Å². The molecular weight excluding hydrogens is 269 g/mol. The minimum Gasteiger partial charge on any atom is -0.349 e. The summed E-state index contributed by atoms with van der Waals surface area (Å²) in [6.45, 7) is 3.48. The molecule has 0 aromatic heterocycles. The first-order valence-electron chi connectivity index (χ1n) is 6.57. The van der Waals surface area contributed by atoms with Crippen molar-refractivity contribution in [1.29, 1.82) is 0 Å². The first-order chi connectivity index (χ1) is 9.39. The van der Waals surface area contributed by atoms with Crippen molar-refractivity contribution in [2.45, 2.75) is 25.6 Å². The lowest BCUT2D eigenvalue weighted by Crippen LogP contribution is -2.48. The van der Waals surface area contributed by atoms with E-state index in [2.05, 4.69) is 10.6 Å². The van der Waals surface area contributed by atoms with Crippen molar-refractivity contribution >= 4 is 5.91 Å². The van der Waals surface area contributed by atoms with E-state index in [1.807, 2.05) is 6.92 Å². The van der Waals surface area contributed by atoms with Gasteiger partial charge in [-0.2, -0.15) is 13.2 Å². The number of nitrogens with one attached hydrogen (secondary N) is 2. The summed E-state index contributed by atoms with van der Waals surface area (Å²) in [5, 5.41) is 5.90. The van der Waals surface area contributed by atoms with Gasteiger partial charge in [0.15, 0.2) is 0 Å². The van der Waals surface area contributed by atoms with Gasteiger partial charge in [0.1, 0.15) is 0 Å². The van der Waals surface area contributed by atoms with Gasteiger partial charge >= 0.3 is 6.18 Å². The fourth-order valence-electron chi connectivity index (χ4n) is 2.40. The Balaban J connectivity index is 2.17. The highest BCUT2D eigenvalue weighted by Gasteiger charge is 2.35. The third-order valence-corrected chi connectivity index (χ3v) is 3.58. The van der Waals surface area contributed by atoms with Crippen LogP contribution in [-0.2, 0) is 6.18 Å². The lowest BCUT2D eigenvalue weighted by molar-refractivity contribution is -0.137. The highest BCUT2D eigenvalue weighted by molar-refractivity contribution is 5.96. The van der Waals surface area contributed by atoms with E-state index in [4.69, 9.17) is 0 Å². The number of alkyl halides is 3. The summed E-state index contributed by atoms with van der Waals surface area (Å²) in [6, 6.07) is 4.78. The molecule has 1 aromatic carbocycles. The maximum atomic E-state index is 12.9. The average Bonchev–Trinajstić information content (AvgIpc) is 2.40. The summed E-state index contributed by atoms with van der Waals surface area (Å²) >= 11 is 0. The Morgan fingerprint density at radius 2 is 2.05 bits per heavy atom. The van der Waals surface area contributed by atoms with Crippen LogP contribution in [-0.4, -0.2) is 25.0 Å². The highest BCUT2D eigenvalue weighted by atomic mass is 19.4. The Bertz CT molecular complexity index is 488. The normalized spacial score (nSPS) is 23.4. The van der Waals surface area contributed by atoms with E-state index in [0.717, 1.165) is 25.6 Å². The third-order valence-electron chi connectivity index (χ3n) is 3.58. The fourth-order valence-corrected chi connectivity index (χ4v) is 2.40. The molecule has 1 saturated heterocycles. The molecule has 0 radical (unpaired) electrons. The van der Waals surface area contributed by atoms with Gasteiger partial charge in [-0.25, -0.2) is 0 Å². The van der Waals surface area contributed by atoms with Crippen molar-refractivity contribution in [2.24, 2.45) is 5.92 Å². The molecule has 1 amide bonds. The Morgan fingerprint density at radius 3 is 2.70 bits per heavy atom. The number of hydrogen-bond donors (Lipinski definition) is 2. The van der Waals surface area contributed by atoms with Gasteiger partial charge in [-0.15, -0.1) is 0 Å². The van der Waals surface area contributed by atoms with Crippen LogP contribution < -0.4 is 10.6 Å². The van der Waals surface area contributed by atoms with Crippen LogP contribution in [0.3, 0.4) is 0 Å². The first-order valence-corrected chi connectivity index (χ1v) is 6.57. The molecule has 20 heavy (non-hydrogen) atoms. The summed E-state index contributed by atoms with van der Waals surface area (Å²) in [4.78, 5) is 12.1. The van der Waals surface area contributed by atoms with E-state index in [-0.39, 0.29) is 17.5 Å². The second-order valence-corrected chi connectivity index (χ2v) is 5.09. The SMILES string of the molecule is C[C@@H]1CNCC[C@H]1NC(=O)c1ccccc1C(F)(F)F. The molecule has 2 atom stereocenters. The van der Waals surface area contributed by atoms with Crippen LogP contribution in [0, 0.1) is 5.92 Å². The van der Waals surface area contributed by atoms with Crippen LogP contribution in [0.15, 0.2) is 24.3 Å². The Hall–Kier alpha value is -1.56.